The summed E-state index contributed by atoms with van der Waals surface area (Å²) >= 11 is 1.51. The Morgan fingerprint density at radius 3 is 2.70 bits per heavy atom. The van der Waals surface area contributed by atoms with Crippen LogP contribution in [0.5, 0.6) is 0 Å². The molecule has 3 nitrogen and oxygen atoms in total. The summed E-state index contributed by atoms with van der Waals surface area (Å²) < 4.78 is 0. The summed E-state index contributed by atoms with van der Waals surface area (Å²) in [6.45, 7) is 0.448. The van der Waals surface area contributed by atoms with Gasteiger partial charge in [-0.1, -0.05) is 30.3 Å². The number of carbonyl (C=O) groups excluding carboxylic acids is 1. The summed E-state index contributed by atoms with van der Waals surface area (Å²) in [7, 11) is 0. The monoisotopic (exact) mass is 282 g/mol. The van der Waals surface area contributed by atoms with Crippen molar-refractivity contribution in [2.45, 2.75) is 11.4 Å². The number of benzene rings is 2. The van der Waals surface area contributed by atoms with Crippen molar-refractivity contribution in [1.82, 2.24) is 5.32 Å². The van der Waals surface area contributed by atoms with E-state index in [0.717, 1.165) is 10.5 Å². The average Bonchev–Trinajstić information content (AvgIpc) is 2.52. The third-order valence-electron chi connectivity index (χ3n) is 2.66. The third kappa shape index (κ3) is 4.45. The molecule has 0 saturated carbocycles. The van der Waals surface area contributed by atoms with Crippen molar-refractivity contribution in [1.29, 1.82) is 5.26 Å². The highest BCUT2D eigenvalue weighted by Gasteiger charge is 2.03. The molecule has 0 heterocycles. The Labute approximate surface area is 122 Å². The minimum atomic E-state index is -0.0128. The van der Waals surface area contributed by atoms with Crippen LogP contribution in [0.1, 0.15) is 11.1 Å². The molecule has 0 unspecified atom stereocenters. The summed E-state index contributed by atoms with van der Waals surface area (Å²) in [6.07, 6.45) is 0. The molecule has 0 saturated heterocycles. The van der Waals surface area contributed by atoms with E-state index in [1.54, 1.807) is 12.1 Å². The fourth-order valence-electron chi connectivity index (χ4n) is 1.67. The maximum absolute atomic E-state index is 11.7. The number of carbonyl (C=O) groups is 1. The SMILES string of the molecule is N#Cc1cccc(CNC(=O)CSc2ccccc2)c1. The van der Waals surface area contributed by atoms with Crippen LogP contribution in [-0.2, 0) is 11.3 Å². The normalized spacial score (nSPS) is 9.75. The molecule has 4 heteroatoms. The lowest BCUT2D eigenvalue weighted by Gasteiger charge is -2.05. The first kappa shape index (κ1) is 14.2. The highest BCUT2D eigenvalue weighted by molar-refractivity contribution is 8.00. The van der Waals surface area contributed by atoms with Crippen LogP contribution in [0.3, 0.4) is 0 Å². The molecule has 0 spiro atoms. The van der Waals surface area contributed by atoms with Crippen molar-refractivity contribution in [2.24, 2.45) is 0 Å². The van der Waals surface area contributed by atoms with E-state index >= 15 is 0 Å². The number of hydrogen-bond acceptors (Lipinski definition) is 3. The molecule has 0 bridgehead atoms. The molecule has 2 aromatic rings. The van der Waals surface area contributed by atoms with Crippen LogP contribution < -0.4 is 5.32 Å². The molecule has 0 radical (unpaired) electrons. The molecule has 1 amide bonds. The van der Waals surface area contributed by atoms with Crippen LogP contribution >= 0.6 is 11.8 Å². The second kappa shape index (κ2) is 7.37. The standard InChI is InChI=1S/C16H14N2OS/c17-10-13-5-4-6-14(9-13)11-18-16(19)12-20-15-7-2-1-3-8-15/h1-9H,11-12H2,(H,18,19). The van der Waals surface area contributed by atoms with Crippen molar-refractivity contribution in [3.63, 3.8) is 0 Å². The van der Waals surface area contributed by atoms with Gasteiger partial charge in [-0.25, -0.2) is 0 Å². The summed E-state index contributed by atoms with van der Waals surface area (Å²) in [5, 5.41) is 11.7. The Balaban J connectivity index is 1.79. The molecule has 0 aliphatic rings. The van der Waals surface area contributed by atoms with E-state index in [2.05, 4.69) is 11.4 Å². The van der Waals surface area contributed by atoms with Crippen LogP contribution in [-0.4, -0.2) is 11.7 Å². The van der Waals surface area contributed by atoms with Crippen molar-refractivity contribution in [3.05, 3.63) is 65.7 Å². The average molecular weight is 282 g/mol. The van der Waals surface area contributed by atoms with Gasteiger partial charge in [-0.2, -0.15) is 5.26 Å². The summed E-state index contributed by atoms with van der Waals surface area (Å²) in [5.74, 6) is 0.378. The molecule has 0 aromatic heterocycles. The smallest absolute Gasteiger partial charge is 0.230 e. The van der Waals surface area contributed by atoms with Gasteiger partial charge in [0.05, 0.1) is 17.4 Å². The zero-order valence-corrected chi connectivity index (χ0v) is 11.7. The highest BCUT2D eigenvalue weighted by atomic mass is 32.2. The number of nitriles is 1. The summed E-state index contributed by atoms with van der Waals surface area (Å²) in [6, 6.07) is 19.1. The first-order chi connectivity index (χ1) is 9.78. The summed E-state index contributed by atoms with van der Waals surface area (Å²) in [5.41, 5.74) is 1.54. The van der Waals surface area contributed by atoms with Gasteiger partial charge in [0.1, 0.15) is 0 Å². The van der Waals surface area contributed by atoms with E-state index in [-0.39, 0.29) is 5.91 Å². The van der Waals surface area contributed by atoms with E-state index < -0.39 is 0 Å². The Morgan fingerprint density at radius 2 is 1.95 bits per heavy atom. The fourth-order valence-corrected chi connectivity index (χ4v) is 2.42. The molecule has 2 aromatic carbocycles. The lowest BCUT2D eigenvalue weighted by molar-refractivity contribution is -0.118. The number of rotatable bonds is 5. The molecule has 20 heavy (non-hydrogen) atoms. The van der Waals surface area contributed by atoms with Crippen LogP contribution in [0.15, 0.2) is 59.5 Å². The van der Waals surface area contributed by atoms with E-state index in [9.17, 15) is 4.79 Å². The van der Waals surface area contributed by atoms with Gasteiger partial charge in [-0.3, -0.25) is 4.79 Å². The van der Waals surface area contributed by atoms with Gasteiger partial charge >= 0.3 is 0 Å². The molecule has 100 valence electrons. The molecule has 0 atom stereocenters. The number of nitrogens with zero attached hydrogens (tertiary/aromatic N) is 1. The van der Waals surface area contributed by atoms with E-state index in [1.807, 2.05) is 42.5 Å². The van der Waals surface area contributed by atoms with Crippen LogP contribution in [0.25, 0.3) is 0 Å². The first-order valence-electron chi connectivity index (χ1n) is 6.21. The molecule has 0 aliphatic carbocycles. The molecule has 0 aliphatic heterocycles. The van der Waals surface area contributed by atoms with Crippen molar-refractivity contribution in [3.8, 4) is 6.07 Å². The Kier molecular flexibility index (Phi) is 5.22. The largest absolute Gasteiger partial charge is 0.351 e. The Hall–Kier alpha value is -2.25. The van der Waals surface area contributed by atoms with Gasteiger partial charge < -0.3 is 5.32 Å². The minimum Gasteiger partial charge on any atom is -0.351 e. The lowest BCUT2D eigenvalue weighted by atomic mass is 10.1. The third-order valence-corrected chi connectivity index (χ3v) is 3.67. The Morgan fingerprint density at radius 1 is 1.15 bits per heavy atom. The van der Waals surface area contributed by atoms with Gasteiger partial charge in [0.15, 0.2) is 0 Å². The van der Waals surface area contributed by atoms with Gasteiger partial charge in [-0.05, 0) is 29.8 Å². The van der Waals surface area contributed by atoms with E-state index in [0.29, 0.717) is 17.9 Å². The highest BCUT2D eigenvalue weighted by Crippen LogP contribution is 2.16. The Bertz CT molecular complexity index is 620. The van der Waals surface area contributed by atoms with Crippen molar-refractivity contribution >= 4 is 17.7 Å². The van der Waals surface area contributed by atoms with Gasteiger partial charge in [0.25, 0.3) is 0 Å². The molecule has 1 N–H and O–H groups in total. The maximum Gasteiger partial charge on any atom is 0.230 e. The van der Waals surface area contributed by atoms with Crippen molar-refractivity contribution in [2.75, 3.05) is 5.75 Å². The minimum absolute atomic E-state index is 0.0128. The molecule has 2 rings (SSSR count). The second-order valence-electron chi connectivity index (χ2n) is 4.19. The fraction of sp³-hybridized carbons (Fsp3) is 0.125. The first-order valence-corrected chi connectivity index (χ1v) is 7.20. The van der Waals surface area contributed by atoms with Crippen LogP contribution in [0.2, 0.25) is 0 Å². The number of thioether (sulfide) groups is 1. The predicted octanol–water partition coefficient (Wildman–Crippen LogP) is 2.97. The van der Waals surface area contributed by atoms with Gasteiger partial charge in [0.2, 0.25) is 5.91 Å². The predicted molar refractivity (Wildman–Crippen MR) is 80.2 cm³/mol. The van der Waals surface area contributed by atoms with Gasteiger partial charge in [0, 0.05) is 11.4 Å². The van der Waals surface area contributed by atoms with Crippen LogP contribution in [0.4, 0.5) is 0 Å². The zero-order chi connectivity index (χ0) is 14.2. The zero-order valence-electron chi connectivity index (χ0n) is 10.9. The van der Waals surface area contributed by atoms with Crippen LogP contribution in [0, 0.1) is 11.3 Å². The van der Waals surface area contributed by atoms with E-state index in [1.165, 1.54) is 11.8 Å². The molecular weight excluding hydrogens is 268 g/mol. The second-order valence-corrected chi connectivity index (χ2v) is 5.24. The van der Waals surface area contributed by atoms with Crippen molar-refractivity contribution < 1.29 is 4.79 Å². The molecular formula is C16H14N2OS. The summed E-state index contributed by atoms with van der Waals surface area (Å²) in [4.78, 5) is 12.8. The van der Waals surface area contributed by atoms with Gasteiger partial charge in [-0.15, -0.1) is 11.8 Å². The molecule has 0 fully saturated rings. The quantitative estimate of drug-likeness (QED) is 0.858. The number of hydrogen-bond donors (Lipinski definition) is 1. The number of nitrogens with one attached hydrogen (secondary N) is 1. The lowest BCUT2D eigenvalue weighted by Crippen LogP contribution is -2.24. The topological polar surface area (TPSA) is 52.9 Å². The van der Waals surface area contributed by atoms with E-state index in [4.69, 9.17) is 5.26 Å². The number of amides is 1. The maximum atomic E-state index is 11.7.